The molecule has 0 spiro atoms. The first-order valence-electron chi connectivity index (χ1n) is 13.3. The third kappa shape index (κ3) is 9.02. The molecule has 1 aliphatic carbocycles. The highest BCUT2D eigenvalue weighted by molar-refractivity contribution is 8.16. The Morgan fingerprint density at radius 1 is 1.24 bits per heavy atom. The fourth-order valence-corrected chi connectivity index (χ4v) is 4.94. The van der Waals surface area contributed by atoms with Gasteiger partial charge >= 0.3 is 11.6 Å². The van der Waals surface area contributed by atoms with Crippen LogP contribution in [0.3, 0.4) is 0 Å². The molecule has 0 radical (unpaired) electrons. The Balaban J connectivity index is 1.63. The normalized spacial score (nSPS) is 20.3. The van der Waals surface area contributed by atoms with E-state index in [0.29, 0.717) is 53.4 Å². The maximum absolute atomic E-state index is 13.3. The van der Waals surface area contributed by atoms with E-state index in [1.807, 2.05) is 6.92 Å². The first kappa shape index (κ1) is 28.9. The van der Waals surface area contributed by atoms with E-state index in [1.54, 1.807) is 19.9 Å². The predicted octanol–water partition coefficient (Wildman–Crippen LogP) is 5.18. The molecule has 1 aliphatic heterocycles. The van der Waals surface area contributed by atoms with Crippen molar-refractivity contribution in [3.05, 3.63) is 28.3 Å². The van der Waals surface area contributed by atoms with Crippen molar-refractivity contribution < 1.29 is 23.6 Å². The molecule has 204 valence electrons. The molecule has 1 unspecified atom stereocenters. The second kappa shape index (κ2) is 13.8. The summed E-state index contributed by atoms with van der Waals surface area (Å²) in [5.41, 5.74) is -1.08. The molecule has 37 heavy (non-hydrogen) atoms. The number of aliphatic imine (C=N–C) groups is 1. The summed E-state index contributed by atoms with van der Waals surface area (Å²) in [5, 5.41) is 7.52. The summed E-state index contributed by atoms with van der Waals surface area (Å²) in [6, 6.07) is 2.54. The Morgan fingerprint density at radius 2 is 2.03 bits per heavy atom. The number of nitrogens with one attached hydrogen (secondary N) is 1. The molecule has 2 aliphatic rings. The minimum Gasteiger partial charge on any atom is -0.493 e. The Hall–Kier alpha value is -2.62. The van der Waals surface area contributed by atoms with E-state index in [9.17, 15) is 14.4 Å². The molecule has 9 nitrogen and oxygen atoms in total. The lowest BCUT2D eigenvalue weighted by Crippen LogP contribution is -2.45. The molecule has 1 N–H and O–H groups in total. The summed E-state index contributed by atoms with van der Waals surface area (Å²) in [4.78, 5) is 47.1. The number of hydrogen-bond acceptors (Lipinski definition) is 9. The molecule has 2 atom stereocenters. The van der Waals surface area contributed by atoms with Crippen LogP contribution in [0.2, 0.25) is 0 Å². The van der Waals surface area contributed by atoms with E-state index in [2.05, 4.69) is 22.4 Å². The number of hydrogen-bond donors (Lipinski definition) is 1. The van der Waals surface area contributed by atoms with Crippen LogP contribution in [-0.2, 0) is 14.4 Å². The number of carbonyl (C=O) groups is 2. The van der Waals surface area contributed by atoms with Crippen molar-refractivity contribution in [1.82, 2.24) is 5.32 Å². The van der Waals surface area contributed by atoms with Gasteiger partial charge in [-0.05, 0) is 45.4 Å². The molecule has 0 bridgehead atoms. The predicted molar refractivity (Wildman–Crippen MR) is 145 cm³/mol. The van der Waals surface area contributed by atoms with Gasteiger partial charge in [-0.3, -0.25) is 9.79 Å². The van der Waals surface area contributed by atoms with E-state index in [1.165, 1.54) is 17.8 Å². The second-order valence-electron chi connectivity index (χ2n) is 10.0. The van der Waals surface area contributed by atoms with Crippen molar-refractivity contribution in [2.24, 2.45) is 16.1 Å². The number of carbonyl (C=O) groups excluding carboxylic acids is 2. The summed E-state index contributed by atoms with van der Waals surface area (Å²) >= 11 is 1.39. The zero-order valence-electron chi connectivity index (χ0n) is 22.3. The summed E-state index contributed by atoms with van der Waals surface area (Å²) < 4.78 is 11.2. The Bertz CT molecular complexity index is 1060. The van der Waals surface area contributed by atoms with Crippen molar-refractivity contribution in [3.63, 3.8) is 0 Å². The molecular formula is C27H39N3O6S. The third-order valence-corrected chi connectivity index (χ3v) is 7.69. The van der Waals surface area contributed by atoms with Gasteiger partial charge in [-0.2, -0.15) is 0 Å². The molecule has 1 aromatic rings. The second-order valence-corrected chi connectivity index (χ2v) is 11.0. The molecule has 0 aromatic carbocycles. The summed E-state index contributed by atoms with van der Waals surface area (Å²) in [5.74, 6) is 1.15. The van der Waals surface area contributed by atoms with Crippen LogP contribution in [0.25, 0.3) is 0 Å². The highest BCUT2D eigenvalue weighted by atomic mass is 32.2. The lowest BCUT2D eigenvalue weighted by molar-refractivity contribution is -0.143. The highest BCUT2D eigenvalue weighted by Crippen LogP contribution is 2.32. The minimum absolute atomic E-state index is 0.277. The van der Waals surface area contributed by atoms with Gasteiger partial charge in [-0.1, -0.05) is 44.7 Å². The number of ether oxygens (including phenoxy) is 1. The quantitative estimate of drug-likeness (QED) is 0.143. The molecule has 1 amide bonds. The van der Waals surface area contributed by atoms with E-state index < -0.39 is 17.2 Å². The third-order valence-electron chi connectivity index (χ3n) is 6.33. The molecule has 3 rings (SSSR count). The molecular weight excluding hydrogens is 494 g/mol. The largest absolute Gasteiger partial charge is 0.493 e. The standard InChI is InChI=1S/C27H39N3O6S/c1-5-7-8-9-11-23(31)36-30-18(3)25-29-27(4,17-37-25)26(33)28-21(10-6-2)22-14-20(15-24(32)35-22)34-16-19-12-13-19/h14-15,19,21H,5-13,16-17H2,1-4H3,(H,28,33)/b30-18+/t21-,27?/m1/s1. The van der Waals surface area contributed by atoms with Crippen molar-refractivity contribution in [2.75, 3.05) is 12.4 Å². The van der Waals surface area contributed by atoms with Gasteiger partial charge in [-0.25, -0.2) is 9.59 Å². The first-order valence-corrected chi connectivity index (χ1v) is 14.3. The fraction of sp³-hybridized carbons (Fsp3) is 0.667. The Morgan fingerprint density at radius 3 is 2.73 bits per heavy atom. The van der Waals surface area contributed by atoms with Gasteiger partial charge in [0.15, 0.2) is 0 Å². The number of amides is 1. The molecule has 2 heterocycles. The monoisotopic (exact) mass is 533 g/mol. The summed E-state index contributed by atoms with van der Waals surface area (Å²) in [6.07, 6.45) is 7.96. The van der Waals surface area contributed by atoms with Crippen molar-refractivity contribution in [2.45, 2.75) is 97.1 Å². The van der Waals surface area contributed by atoms with Crippen LogP contribution in [-0.4, -0.2) is 40.5 Å². The van der Waals surface area contributed by atoms with E-state index in [0.717, 1.165) is 44.9 Å². The number of thioether (sulfide) groups is 1. The zero-order chi connectivity index (χ0) is 26.8. The van der Waals surface area contributed by atoms with Crippen molar-refractivity contribution in [3.8, 4) is 5.75 Å². The fourth-order valence-electron chi connectivity index (χ4n) is 3.81. The number of rotatable bonds is 15. The maximum Gasteiger partial charge on any atom is 0.339 e. The minimum atomic E-state index is -1.03. The SMILES string of the molecule is CCCCCCC(=O)O/N=C(\C)C1=NC(C)(C(=O)N[C@H](CCC)c2cc(OCC3CC3)cc(=O)o2)CS1. The van der Waals surface area contributed by atoms with Gasteiger partial charge in [0.2, 0.25) is 5.91 Å². The number of unbranched alkanes of at least 4 members (excludes halogenated alkanes) is 3. The summed E-state index contributed by atoms with van der Waals surface area (Å²) in [7, 11) is 0. The Kier molecular flexibility index (Phi) is 10.8. The molecule has 1 aromatic heterocycles. The average molecular weight is 534 g/mol. The van der Waals surface area contributed by atoms with Gasteiger partial charge in [0.05, 0.1) is 18.7 Å². The molecule has 0 saturated heterocycles. The lowest BCUT2D eigenvalue weighted by Gasteiger charge is -2.24. The smallest absolute Gasteiger partial charge is 0.339 e. The zero-order valence-corrected chi connectivity index (χ0v) is 23.2. The van der Waals surface area contributed by atoms with Crippen LogP contribution < -0.4 is 15.7 Å². The van der Waals surface area contributed by atoms with Crippen LogP contribution in [0.15, 0.2) is 31.5 Å². The average Bonchev–Trinajstić information content (AvgIpc) is 3.62. The van der Waals surface area contributed by atoms with Crippen LogP contribution in [0.1, 0.15) is 97.3 Å². The molecule has 10 heteroatoms. The Labute approximate surface area is 222 Å². The van der Waals surface area contributed by atoms with Crippen LogP contribution in [0, 0.1) is 5.92 Å². The van der Waals surface area contributed by atoms with Crippen LogP contribution in [0.4, 0.5) is 0 Å². The van der Waals surface area contributed by atoms with Crippen molar-refractivity contribution >= 4 is 34.4 Å². The van der Waals surface area contributed by atoms with Crippen LogP contribution >= 0.6 is 11.8 Å². The topological polar surface area (TPSA) is 120 Å². The number of oxime groups is 1. The lowest BCUT2D eigenvalue weighted by atomic mass is 10.0. The van der Waals surface area contributed by atoms with Gasteiger partial charge in [-0.15, -0.1) is 11.8 Å². The van der Waals surface area contributed by atoms with Gasteiger partial charge < -0.3 is 19.3 Å². The van der Waals surface area contributed by atoms with Gasteiger partial charge in [0, 0.05) is 18.2 Å². The van der Waals surface area contributed by atoms with Gasteiger partial charge in [0.25, 0.3) is 0 Å². The van der Waals surface area contributed by atoms with Crippen molar-refractivity contribution in [1.29, 1.82) is 0 Å². The number of nitrogens with zero attached hydrogens (tertiary/aromatic N) is 2. The van der Waals surface area contributed by atoms with Gasteiger partial charge in [0.1, 0.15) is 27.8 Å². The summed E-state index contributed by atoms with van der Waals surface area (Å²) in [6.45, 7) is 8.16. The molecule has 1 fully saturated rings. The maximum atomic E-state index is 13.3. The highest BCUT2D eigenvalue weighted by Gasteiger charge is 2.40. The van der Waals surface area contributed by atoms with E-state index >= 15 is 0 Å². The van der Waals surface area contributed by atoms with E-state index in [-0.39, 0.29) is 11.9 Å². The van der Waals surface area contributed by atoms with Crippen LogP contribution in [0.5, 0.6) is 5.75 Å². The first-order chi connectivity index (χ1) is 17.7. The molecule has 1 saturated carbocycles. The van der Waals surface area contributed by atoms with E-state index in [4.69, 9.17) is 14.0 Å².